The van der Waals surface area contributed by atoms with Crippen molar-refractivity contribution in [1.82, 2.24) is 0 Å². The molecule has 0 radical (unpaired) electrons. The summed E-state index contributed by atoms with van der Waals surface area (Å²) < 4.78 is 37.3. The van der Waals surface area contributed by atoms with E-state index in [1.807, 2.05) is 88.4 Å². The maximum Gasteiger partial charge on any atom is 0.335 e. The van der Waals surface area contributed by atoms with Crippen LogP contribution in [-0.4, -0.2) is 32.0 Å². The Bertz CT molecular complexity index is 1790. The third-order valence-corrected chi connectivity index (χ3v) is 10.9. The molecule has 0 spiro atoms. The summed E-state index contributed by atoms with van der Waals surface area (Å²) in [7, 11) is -5.37. The van der Waals surface area contributed by atoms with E-state index in [0.29, 0.717) is 18.8 Å². The van der Waals surface area contributed by atoms with E-state index in [9.17, 15) is 9.36 Å². The van der Waals surface area contributed by atoms with Crippen LogP contribution in [0.25, 0.3) is 43.8 Å². The first kappa shape index (κ1) is 32.2. The summed E-state index contributed by atoms with van der Waals surface area (Å²) in [6.07, 6.45) is 0.0468. The number of rotatable bonds is 14. The van der Waals surface area contributed by atoms with Gasteiger partial charge < -0.3 is 18.1 Å². The second-order valence-corrected chi connectivity index (χ2v) is 13.6. The molecule has 0 aliphatic rings. The SMILES string of the molecule is CCOP(OCC)C(=O)c1cc(-c2cccc3ccccc23)c(CP(=O)(OCC)OCC)cc1-c1cccc2ccccc12. The summed E-state index contributed by atoms with van der Waals surface area (Å²) in [6, 6.07) is 32.3. The van der Waals surface area contributed by atoms with Gasteiger partial charge in [0.15, 0.2) is 0 Å². The highest BCUT2D eigenvalue weighted by Gasteiger charge is 2.31. The fourth-order valence-electron chi connectivity index (χ4n) is 5.56. The lowest BCUT2D eigenvalue weighted by atomic mass is 9.88. The second-order valence-electron chi connectivity index (χ2n) is 10.1. The number of carbonyl (C=O) groups is 1. The minimum atomic E-state index is -3.52. The van der Waals surface area contributed by atoms with Crippen LogP contribution >= 0.6 is 16.0 Å². The van der Waals surface area contributed by atoms with E-state index in [1.54, 1.807) is 0 Å². The number of hydrogen-bond acceptors (Lipinski definition) is 6. The second kappa shape index (κ2) is 14.7. The Balaban J connectivity index is 1.86. The van der Waals surface area contributed by atoms with E-state index >= 15 is 0 Å². The average molecular weight is 629 g/mol. The van der Waals surface area contributed by atoms with Crippen LogP contribution in [0.2, 0.25) is 0 Å². The summed E-state index contributed by atoms with van der Waals surface area (Å²) in [4.78, 5) is 14.4. The molecular weight excluding hydrogens is 590 g/mol. The number of benzene rings is 5. The van der Waals surface area contributed by atoms with Crippen LogP contribution in [0.15, 0.2) is 97.1 Å². The molecule has 0 aromatic heterocycles. The van der Waals surface area contributed by atoms with Crippen LogP contribution in [0.4, 0.5) is 0 Å². The molecule has 0 aliphatic carbocycles. The summed E-state index contributed by atoms with van der Waals surface area (Å²) in [5.74, 6) is 0. The van der Waals surface area contributed by atoms with Gasteiger partial charge in [-0.1, -0.05) is 84.9 Å². The normalized spacial score (nSPS) is 11.9. The zero-order valence-corrected chi connectivity index (χ0v) is 27.4. The lowest BCUT2D eigenvalue weighted by Gasteiger charge is -2.23. The van der Waals surface area contributed by atoms with Gasteiger partial charge in [-0.05, 0) is 89.2 Å². The highest BCUT2D eigenvalue weighted by atomic mass is 31.2. The first-order valence-electron chi connectivity index (χ1n) is 15.0. The Morgan fingerprint density at radius 1 is 0.614 bits per heavy atom. The van der Waals surface area contributed by atoms with Crippen LogP contribution in [0.5, 0.6) is 0 Å². The van der Waals surface area contributed by atoms with Gasteiger partial charge in [-0.3, -0.25) is 9.36 Å². The molecule has 0 N–H and O–H groups in total. The van der Waals surface area contributed by atoms with Gasteiger partial charge in [0, 0.05) is 5.56 Å². The molecule has 0 heterocycles. The van der Waals surface area contributed by atoms with Crippen molar-refractivity contribution in [2.75, 3.05) is 26.4 Å². The van der Waals surface area contributed by atoms with Crippen molar-refractivity contribution in [2.45, 2.75) is 33.9 Å². The number of fused-ring (bicyclic) bond motifs is 2. The topological polar surface area (TPSA) is 71.1 Å². The molecule has 0 aliphatic heterocycles. The third-order valence-electron chi connectivity index (χ3n) is 7.31. The van der Waals surface area contributed by atoms with Crippen molar-refractivity contribution in [1.29, 1.82) is 0 Å². The van der Waals surface area contributed by atoms with Gasteiger partial charge >= 0.3 is 7.60 Å². The largest absolute Gasteiger partial charge is 0.335 e. The van der Waals surface area contributed by atoms with Crippen molar-refractivity contribution in [2.24, 2.45) is 0 Å². The standard InChI is InChI=1S/C36H38O6P2/c1-5-39-43(40-6-2)36(37)35-24-33(31-21-13-17-26-15-9-11-19-29(26)31)28(25-44(38,41-7-3)42-8-4)23-34(35)32-22-14-18-27-16-10-12-20-30(27)32/h9-24H,5-8,25H2,1-4H3. The fraction of sp³-hybridized carbons (Fsp3) is 0.250. The molecular formula is C36H38O6P2. The van der Waals surface area contributed by atoms with E-state index in [4.69, 9.17) is 18.1 Å². The zero-order valence-electron chi connectivity index (χ0n) is 25.6. The van der Waals surface area contributed by atoms with E-state index in [1.165, 1.54) is 0 Å². The van der Waals surface area contributed by atoms with E-state index in [2.05, 4.69) is 36.4 Å². The van der Waals surface area contributed by atoms with Crippen molar-refractivity contribution in [3.8, 4) is 22.3 Å². The van der Waals surface area contributed by atoms with Gasteiger partial charge in [-0.2, -0.15) is 0 Å². The summed E-state index contributed by atoms with van der Waals surface area (Å²) in [5.41, 5.74) is 4.37. The molecule has 5 aromatic rings. The molecule has 0 unspecified atom stereocenters. The van der Waals surface area contributed by atoms with Crippen molar-refractivity contribution >= 4 is 43.0 Å². The van der Waals surface area contributed by atoms with Gasteiger partial charge in [-0.25, -0.2) is 0 Å². The predicted molar refractivity (Wildman–Crippen MR) is 181 cm³/mol. The van der Waals surface area contributed by atoms with Crippen LogP contribution < -0.4 is 0 Å². The van der Waals surface area contributed by atoms with Crippen LogP contribution in [0, 0.1) is 0 Å². The van der Waals surface area contributed by atoms with Crippen molar-refractivity contribution in [3.63, 3.8) is 0 Å². The van der Waals surface area contributed by atoms with Crippen LogP contribution in [-0.2, 0) is 28.8 Å². The van der Waals surface area contributed by atoms with Gasteiger partial charge in [0.25, 0.3) is 0 Å². The highest BCUT2D eigenvalue weighted by Crippen LogP contribution is 2.54. The van der Waals surface area contributed by atoms with E-state index in [-0.39, 0.29) is 24.9 Å². The van der Waals surface area contributed by atoms with Crippen LogP contribution in [0.3, 0.4) is 0 Å². The molecule has 0 saturated carbocycles. The summed E-state index contributed by atoms with van der Waals surface area (Å²) in [5, 5.41) is 4.13. The predicted octanol–water partition coefficient (Wildman–Crippen LogP) is 10.6. The Labute approximate surface area is 260 Å². The summed E-state index contributed by atoms with van der Waals surface area (Å²) >= 11 is 0. The minimum Gasteiger partial charge on any atom is -0.329 e. The molecule has 6 nitrogen and oxygen atoms in total. The van der Waals surface area contributed by atoms with E-state index in [0.717, 1.165) is 49.4 Å². The van der Waals surface area contributed by atoms with Gasteiger partial charge in [0.1, 0.15) is 0 Å². The fourth-order valence-corrected chi connectivity index (χ4v) is 8.45. The van der Waals surface area contributed by atoms with Gasteiger partial charge in [0.05, 0.1) is 32.6 Å². The Morgan fingerprint density at radius 2 is 1.11 bits per heavy atom. The van der Waals surface area contributed by atoms with E-state index < -0.39 is 16.0 Å². The molecule has 5 aromatic carbocycles. The lowest BCUT2D eigenvalue weighted by molar-refractivity contribution is 0.104. The average Bonchev–Trinajstić information content (AvgIpc) is 3.04. The maximum absolute atomic E-state index is 14.4. The Kier molecular flexibility index (Phi) is 10.8. The van der Waals surface area contributed by atoms with Gasteiger partial charge in [0.2, 0.25) is 13.9 Å². The monoisotopic (exact) mass is 628 g/mol. The minimum absolute atomic E-state index is 0.0468. The Morgan fingerprint density at radius 3 is 1.64 bits per heavy atom. The molecule has 44 heavy (non-hydrogen) atoms. The third kappa shape index (κ3) is 6.87. The quantitative estimate of drug-likeness (QED) is 0.114. The maximum atomic E-state index is 14.4. The molecule has 0 atom stereocenters. The zero-order chi connectivity index (χ0) is 31.1. The molecule has 0 saturated heterocycles. The first-order valence-corrected chi connectivity index (χ1v) is 17.9. The molecule has 0 bridgehead atoms. The van der Waals surface area contributed by atoms with Gasteiger partial charge in [-0.15, -0.1) is 0 Å². The molecule has 0 amide bonds. The van der Waals surface area contributed by atoms with Crippen molar-refractivity contribution in [3.05, 3.63) is 108 Å². The molecule has 0 fully saturated rings. The Hall–Kier alpha value is -3.21. The number of hydrogen-bond donors (Lipinski definition) is 0. The first-order chi connectivity index (χ1) is 21.4. The molecule has 5 rings (SSSR count). The molecule has 228 valence electrons. The summed E-state index contributed by atoms with van der Waals surface area (Å²) in [6.45, 7) is 8.53. The van der Waals surface area contributed by atoms with Crippen LogP contribution in [0.1, 0.15) is 43.6 Å². The number of carbonyl (C=O) groups excluding carboxylic acids is 1. The molecule has 8 heteroatoms. The lowest BCUT2D eigenvalue weighted by Crippen LogP contribution is -2.08. The smallest absolute Gasteiger partial charge is 0.329 e. The van der Waals surface area contributed by atoms with Crippen molar-refractivity contribution < 1.29 is 27.5 Å². The highest BCUT2D eigenvalue weighted by molar-refractivity contribution is 7.67.